The van der Waals surface area contributed by atoms with Crippen molar-refractivity contribution >= 4 is 18.1 Å². The van der Waals surface area contributed by atoms with Crippen molar-refractivity contribution in [1.82, 2.24) is 4.90 Å². The van der Waals surface area contributed by atoms with Crippen molar-refractivity contribution in [2.75, 3.05) is 13.1 Å². The van der Waals surface area contributed by atoms with Crippen LogP contribution in [0.25, 0.3) is 0 Å². The third-order valence-corrected chi connectivity index (χ3v) is 5.66. The molecule has 134 valence electrons. The number of piperidine rings is 1. The first kappa shape index (κ1) is 19.2. The van der Waals surface area contributed by atoms with Gasteiger partial charge in [-0.25, -0.2) is 4.39 Å². The Morgan fingerprint density at radius 1 is 1.42 bits per heavy atom. The molecule has 1 aromatic carbocycles. The van der Waals surface area contributed by atoms with Crippen molar-refractivity contribution in [2.45, 2.75) is 51.7 Å². The number of halogens is 2. The molecular weight excluding hydrogens is 333 g/mol. The van der Waals surface area contributed by atoms with Crippen LogP contribution in [0, 0.1) is 18.2 Å². The minimum Gasteiger partial charge on any atom is -0.483 e. The van der Waals surface area contributed by atoms with Gasteiger partial charge in [0.25, 0.3) is 6.47 Å². The molecule has 3 rings (SSSR count). The van der Waals surface area contributed by atoms with Gasteiger partial charge in [0.15, 0.2) is 0 Å². The Balaban J connectivity index is 0.000000647. The molecule has 0 bridgehead atoms. The first-order valence-corrected chi connectivity index (χ1v) is 8.73. The van der Waals surface area contributed by atoms with Gasteiger partial charge in [-0.1, -0.05) is 24.1 Å². The monoisotopic (exact) mass is 357 g/mol. The summed E-state index contributed by atoms with van der Waals surface area (Å²) in [5.41, 5.74) is 1.27. The molecule has 1 aliphatic heterocycles. The van der Waals surface area contributed by atoms with E-state index in [1.54, 1.807) is 19.1 Å². The van der Waals surface area contributed by atoms with Crippen molar-refractivity contribution in [3.05, 3.63) is 34.1 Å². The molecule has 0 amide bonds. The van der Waals surface area contributed by atoms with Crippen LogP contribution < -0.4 is 0 Å². The Bertz CT molecular complexity index is 584. The summed E-state index contributed by atoms with van der Waals surface area (Å²) in [6.45, 7) is 3.88. The fourth-order valence-electron chi connectivity index (χ4n) is 4.07. The normalized spacial score (nSPS) is 26.9. The average molecular weight is 358 g/mol. The van der Waals surface area contributed by atoms with Gasteiger partial charge in [-0.15, -0.1) is 0 Å². The summed E-state index contributed by atoms with van der Waals surface area (Å²) in [4.78, 5) is 10.6. The molecular formula is C18H25ClFNO3. The topological polar surface area (TPSA) is 60.8 Å². The second-order valence-electron chi connectivity index (χ2n) is 6.85. The Morgan fingerprint density at radius 3 is 2.71 bits per heavy atom. The molecule has 1 aromatic rings. The van der Waals surface area contributed by atoms with Crippen molar-refractivity contribution in [2.24, 2.45) is 5.41 Å². The number of aliphatic hydroxyl groups is 1. The molecule has 1 spiro atoms. The van der Waals surface area contributed by atoms with Gasteiger partial charge in [-0.05, 0) is 50.8 Å². The van der Waals surface area contributed by atoms with E-state index in [-0.39, 0.29) is 23.8 Å². The van der Waals surface area contributed by atoms with E-state index in [0.717, 1.165) is 45.2 Å². The first-order valence-electron chi connectivity index (χ1n) is 8.35. The fraction of sp³-hybridized carbons (Fsp3) is 0.611. The van der Waals surface area contributed by atoms with Gasteiger partial charge < -0.3 is 10.2 Å². The smallest absolute Gasteiger partial charge is 0.290 e. The maximum Gasteiger partial charge on any atom is 0.290 e. The van der Waals surface area contributed by atoms with E-state index in [1.165, 1.54) is 0 Å². The van der Waals surface area contributed by atoms with Crippen molar-refractivity contribution in [3.63, 3.8) is 0 Å². The number of benzene rings is 1. The van der Waals surface area contributed by atoms with Crippen molar-refractivity contribution < 1.29 is 19.4 Å². The molecule has 1 saturated carbocycles. The number of likely N-dealkylation sites (tertiary alicyclic amines) is 1. The lowest BCUT2D eigenvalue weighted by atomic mass is 9.76. The fourth-order valence-corrected chi connectivity index (χ4v) is 4.28. The van der Waals surface area contributed by atoms with Crippen LogP contribution in [0.15, 0.2) is 12.1 Å². The Hall–Kier alpha value is -1.17. The Kier molecular flexibility index (Phi) is 6.61. The lowest BCUT2D eigenvalue weighted by Crippen LogP contribution is -2.46. The molecule has 6 heteroatoms. The van der Waals surface area contributed by atoms with E-state index in [4.69, 9.17) is 21.5 Å². The summed E-state index contributed by atoms with van der Waals surface area (Å²) in [5, 5.41) is 17.7. The number of hydrogen-bond acceptors (Lipinski definition) is 3. The van der Waals surface area contributed by atoms with Crippen LogP contribution in [0.5, 0.6) is 0 Å². The first-order chi connectivity index (χ1) is 11.4. The second-order valence-corrected chi connectivity index (χ2v) is 7.25. The summed E-state index contributed by atoms with van der Waals surface area (Å²) in [6, 6.07) is 3.50. The lowest BCUT2D eigenvalue weighted by molar-refractivity contribution is -0.122. The molecule has 0 radical (unpaired) electrons. The van der Waals surface area contributed by atoms with Crippen LogP contribution in [-0.4, -0.2) is 40.8 Å². The molecule has 2 aliphatic rings. The number of nitrogens with zero attached hydrogens (tertiary/aromatic N) is 1. The van der Waals surface area contributed by atoms with Gasteiger partial charge >= 0.3 is 0 Å². The summed E-state index contributed by atoms with van der Waals surface area (Å²) < 4.78 is 14.3. The number of aliphatic hydroxyl groups excluding tert-OH is 1. The predicted octanol–water partition coefficient (Wildman–Crippen LogP) is 3.62. The number of aryl methyl sites for hydroxylation is 1. The highest BCUT2D eigenvalue weighted by molar-refractivity contribution is 6.31. The number of rotatable bonds is 2. The maximum atomic E-state index is 14.3. The molecule has 2 atom stereocenters. The summed E-state index contributed by atoms with van der Waals surface area (Å²) in [6.07, 6.45) is 5.08. The van der Waals surface area contributed by atoms with E-state index in [1.807, 2.05) is 0 Å². The standard InChI is InChI=1S/C17H23ClFNO.CH2O2/c1-12-5-6-14(18)13(16(12)19)10-20-9-3-8-17(11-20)7-2-4-15(17)21;2-1-3/h5-6,15,21H,2-4,7-11H2,1H3;1H,(H,2,3)/t15-,17-;/m1./s1. The molecule has 0 aromatic heterocycles. The van der Waals surface area contributed by atoms with Gasteiger partial charge in [0.05, 0.1) is 6.10 Å². The third kappa shape index (κ3) is 4.08. The predicted molar refractivity (Wildman–Crippen MR) is 91.6 cm³/mol. The van der Waals surface area contributed by atoms with Crippen LogP contribution in [0.1, 0.15) is 43.2 Å². The quantitative estimate of drug-likeness (QED) is 0.794. The second kappa shape index (κ2) is 8.28. The van der Waals surface area contributed by atoms with Gasteiger partial charge in [-0.3, -0.25) is 9.69 Å². The molecule has 2 fully saturated rings. The molecule has 1 saturated heterocycles. The summed E-state index contributed by atoms with van der Waals surface area (Å²) in [7, 11) is 0. The van der Waals surface area contributed by atoms with Gasteiger partial charge in [0, 0.05) is 29.1 Å². The van der Waals surface area contributed by atoms with Crippen LogP contribution in [0.2, 0.25) is 5.02 Å². The number of carboxylic acid groups (broad SMARTS) is 1. The zero-order valence-electron chi connectivity index (χ0n) is 14.0. The van der Waals surface area contributed by atoms with E-state index in [9.17, 15) is 9.50 Å². The van der Waals surface area contributed by atoms with Gasteiger partial charge in [0.2, 0.25) is 0 Å². The van der Waals surface area contributed by atoms with Crippen LogP contribution in [0.4, 0.5) is 4.39 Å². The summed E-state index contributed by atoms with van der Waals surface area (Å²) >= 11 is 6.18. The number of carbonyl (C=O) groups is 1. The van der Waals surface area contributed by atoms with Crippen LogP contribution >= 0.6 is 11.6 Å². The third-order valence-electron chi connectivity index (χ3n) is 5.31. The minimum atomic E-state index is -0.250. The van der Waals surface area contributed by atoms with E-state index in [0.29, 0.717) is 22.7 Å². The van der Waals surface area contributed by atoms with E-state index >= 15 is 0 Å². The highest BCUT2D eigenvalue weighted by atomic mass is 35.5. The molecule has 1 aliphatic carbocycles. The largest absolute Gasteiger partial charge is 0.483 e. The molecule has 4 nitrogen and oxygen atoms in total. The van der Waals surface area contributed by atoms with Gasteiger partial charge in [-0.2, -0.15) is 0 Å². The van der Waals surface area contributed by atoms with E-state index in [2.05, 4.69) is 4.90 Å². The Morgan fingerprint density at radius 2 is 2.08 bits per heavy atom. The van der Waals surface area contributed by atoms with Crippen molar-refractivity contribution in [3.8, 4) is 0 Å². The lowest BCUT2D eigenvalue weighted by Gasteiger charge is -2.42. The highest BCUT2D eigenvalue weighted by Gasteiger charge is 2.44. The summed E-state index contributed by atoms with van der Waals surface area (Å²) in [5.74, 6) is -0.186. The molecule has 2 N–H and O–H groups in total. The minimum absolute atomic E-state index is 0.0328. The van der Waals surface area contributed by atoms with Crippen LogP contribution in [-0.2, 0) is 11.3 Å². The molecule has 0 unspecified atom stereocenters. The average Bonchev–Trinajstić information content (AvgIpc) is 2.89. The Labute approximate surface area is 147 Å². The SMILES string of the molecule is Cc1ccc(Cl)c(CN2CCC[C@]3(CCC[C@H]3O)C2)c1F.O=CO. The molecule has 1 heterocycles. The number of hydrogen-bond donors (Lipinski definition) is 2. The van der Waals surface area contributed by atoms with Crippen LogP contribution in [0.3, 0.4) is 0 Å². The highest BCUT2D eigenvalue weighted by Crippen LogP contribution is 2.45. The maximum absolute atomic E-state index is 14.3. The van der Waals surface area contributed by atoms with E-state index < -0.39 is 0 Å². The zero-order valence-corrected chi connectivity index (χ0v) is 14.7. The molecule has 24 heavy (non-hydrogen) atoms. The van der Waals surface area contributed by atoms with Gasteiger partial charge in [0.1, 0.15) is 5.82 Å². The van der Waals surface area contributed by atoms with Crippen molar-refractivity contribution in [1.29, 1.82) is 0 Å². The zero-order chi connectivity index (χ0) is 17.7.